The molecule has 19 heavy (non-hydrogen) atoms. The first-order chi connectivity index (χ1) is 9.04. The Morgan fingerprint density at radius 1 is 1.47 bits per heavy atom. The Bertz CT molecular complexity index is 536. The number of hydrogen-bond acceptors (Lipinski definition) is 4. The van der Waals surface area contributed by atoms with E-state index in [-0.39, 0.29) is 17.4 Å². The number of benzene rings is 1. The standard InChI is InChI=1S/C13H19NO4S/c1-10-12(8-15)3-2-4-13(10)19(16,17)14-7-11-5-6-18-9-11/h2-4,11,14-15H,5-9H2,1H3. The molecule has 1 fully saturated rings. The number of nitrogens with one attached hydrogen (secondary N) is 1. The molecule has 1 saturated heterocycles. The Morgan fingerprint density at radius 3 is 2.89 bits per heavy atom. The zero-order valence-corrected chi connectivity index (χ0v) is 11.7. The number of ether oxygens (including phenoxy) is 1. The van der Waals surface area contributed by atoms with Crippen molar-refractivity contribution in [1.82, 2.24) is 4.72 Å². The monoisotopic (exact) mass is 285 g/mol. The van der Waals surface area contributed by atoms with Crippen LogP contribution in [0.5, 0.6) is 0 Å². The van der Waals surface area contributed by atoms with Gasteiger partial charge in [0.1, 0.15) is 0 Å². The molecule has 2 N–H and O–H groups in total. The van der Waals surface area contributed by atoms with Crippen molar-refractivity contribution in [2.45, 2.75) is 24.8 Å². The third-order valence-electron chi connectivity index (χ3n) is 3.44. The van der Waals surface area contributed by atoms with Gasteiger partial charge in [-0.05, 0) is 36.5 Å². The van der Waals surface area contributed by atoms with Crippen molar-refractivity contribution in [3.63, 3.8) is 0 Å². The first kappa shape index (κ1) is 14.5. The second-order valence-corrected chi connectivity index (χ2v) is 6.52. The van der Waals surface area contributed by atoms with E-state index in [1.807, 2.05) is 0 Å². The van der Waals surface area contributed by atoms with Crippen molar-refractivity contribution in [3.8, 4) is 0 Å². The average Bonchev–Trinajstić information content (AvgIpc) is 2.90. The van der Waals surface area contributed by atoms with Gasteiger partial charge >= 0.3 is 0 Å². The molecule has 0 aromatic heterocycles. The van der Waals surface area contributed by atoms with Crippen LogP contribution in [0.1, 0.15) is 17.5 Å². The molecule has 1 aliphatic heterocycles. The quantitative estimate of drug-likeness (QED) is 0.839. The Kier molecular flexibility index (Phi) is 4.57. The van der Waals surface area contributed by atoms with Crippen molar-refractivity contribution in [2.75, 3.05) is 19.8 Å². The molecule has 2 rings (SSSR count). The number of rotatable bonds is 5. The van der Waals surface area contributed by atoms with Crippen LogP contribution in [-0.2, 0) is 21.4 Å². The van der Waals surface area contributed by atoms with E-state index >= 15 is 0 Å². The fraction of sp³-hybridized carbons (Fsp3) is 0.538. The first-order valence-corrected chi connectivity index (χ1v) is 7.79. The van der Waals surface area contributed by atoms with Crippen LogP contribution in [0.2, 0.25) is 0 Å². The van der Waals surface area contributed by atoms with Crippen LogP contribution in [-0.4, -0.2) is 33.3 Å². The van der Waals surface area contributed by atoms with E-state index in [1.54, 1.807) is 25.1 Å². The van der Waals surface area contributed by atoms with Gasteiger partial charge in [0.05, 0.1) is 18.1 Å². The van der Waals surface area contributed by atoms with Gasteiger partial charge in [-0.1, -0.05) is 12.1 Å². The smallest absolute Gasteiger partial charge is 0.240 e. The second-order valence-electron chi connectivity index (χ2n) is 4.78. The third kappa shape index (κ3) is 3.33. The number of aliphatic hydroxyl groups excluding tert-OH is 1. The molecule has 1 heterocycles. The first-order valence-electron chi connectivity index (χ1n) is 6.31. The molecule has 0 saturated carbocycles. The lowest BCUT2D eigenvalue weighted by atomic mass is 10.1. The minimum atomic E-state index is -3.53. The fourth-order valence-corrected chi connectivity index (χ4v) is 3.57. The maximum Gasteiger partial charge on any atom is 0.240 e. The zero-order chi connectivity index (χ0) is 13.9. The molecule has 0 bridgehead atoms. The lowest BCUT2D eigenvalue weighted by Crippen LogP contribution is -2.30. The highest BCUT2D eigenvalue weighted by Gasteiger charge is 2.22. The highest BCUT2D eigenvalue weighted by Crippen LogP contribution is 2.19. The van der Waals surface area contributed by atoms with Crippen LogP contribution < -0.4 is 4.72 Å². The molecule has 1 unspecified atom stereocenters. The van der Waals surface area contributed by atoms with Crippen LogP contribution in [0, 0.1) is 12.8 Å². The molecule has 0 spiro atoms. The molecule has 1 aliphatic rings. The van der Waals surface area contributed by atoms with Crippen LogP contribution in [0.25, 0.3) is 0 Å². The van der Waals surface area contributed by atoms with E-state index < -0.39 is 10.0 Å². The van der Waals surface area contributed by atoms with Gasteiger partial charge in [0.2, 0.25) is 10.0 Å². The largest absolute Gasteiger partial charge is 0.392 e. The number of aliphatic hydroxyl groups is 1. The Balaban J connectivity index is 2.14. The van der Waals surface area contributed by atoms with Gasteiger partial charge in [-0.25, -0.2) is 13.1 Å². The van der Waals surface area contributed by atoms with Gasteiger partial charge in [0, 0.05) is 13.2 Å². The molecule has 1 atom stereocenters. The summed E-state index contributed by atoms with van der Waals surface area (Å²) in [5.41, 5.74) is 1.23. The highest BCUT2D eigenvalue weighted by molar-refractivity contribution is 7.89. The highest BCUT2D eigenvalue weighted by atomic mass is 32.2. The van der Waals surface area contributed by atoms with Crippen molar-refractivity contribution >= 4 is 10.0 Å². The second kappa shape index (κ2) is 6.00. The van der Waals surface area contributed by atoms with Crippen molar-refractivity contribution in [2.24, 2.45) is 5.92 Å². The summed E-state index contributed by atoms with van der Waals surface area (Å²) in [6.07, 6.45) is 0.887. The van der Waals surface area contributed by atoms with Gasteiger partial charge in [0.25, 0.3) is 0 Å². The summed E-state index contributed by atoms with van der Waals surface area (Å²) in [5.74, 6) is 0.246. The lowest BCUT2D eigenvalue weighted by Gasteiger charge is -2.13. The minimum absolute atomic E-state index is 0.161. The molecular weight excluding hydrogens is 266 g/mol. The molecule has 1 aromatic rings. The van der Waals surface area contributed by atoms with Crippen LogP contribution in [0.4, 0.5) is 0 Å². The summed E-state index contributed by atoms with van der Waals surface area (Å²) < 4.78 is 32.3. The Labute approximate surface area is 113 Å². The molecule has 106 valence electrons. The van der Waals surface area contributed by atoms with Gasteiger partial charge < -0.3 is 9.84 Å². The topological polar surface area (TPSA) is 75.6 Å². The van der Waals surface area contributed by atoms with Crippen molar-refractivity contribution in [3.05, 3.63) is 29.3 Å². The molecule has 0 radical (unpaired) electrons. The van der Waals surface area contributed by atoms with Gasteiger partial charge in [-0.15, -0.1) is 0 Å². The third-order valence-corrected chi connectivity index (χ3v) is 5.01. The normalized spacial score (nSPS) is 19.8. The van der Waals surface area contributed by atoms with Crippen molar-refractivity contribution < 1.29 is 18.3 Å². The Morgan fingerprint density at radius 2 is 2.26 bits per heavy atom. The summed E-state index contributed by atoms with van der Waals surface area (Å²) in [4.78, 5) is 0.234. The van der Waals surface area contributed by atoms with E-state index in [4.69, 9.17) is 4.74 Å². The predicted molar refractivity (Wildman–Crippen MR) is 71.2 cm³/mol. The molecule has 1 aromatic carbocycles. The van der Waals surface area contributed by atoms with E-state index in [0.29, 0.717) is 30.9 Å². The molecular formula is C13H19NO4S. The molecule has 5 nitrogen and oxygen atoms in total. The lowest BCUT2D eigenvalue weighted by molar-refractivity contribution is 0.186. The summed E-state index contributed by atoms with van der Waals surface area (Å²) in [6, 6.07) is 4.92. The number of sulfonamides is 1. The summed E-state index contributed by atoms with van der Waals surface area (Å²) in [7, 11) is -3.53. The molecule has 0 amide bonds. The van der Waals surface area contributed by atoms with Crippen LogP contribution in [0.15, 0.2) is 23.1 Å². The summed E-state index contributed by atoms with van der Waals surface area (Å²) in [5, 5.41) is 9.18. The Hall–Kier alpha value is -0.950. The average molecular weight is 285 g/mol. The SMILES string of the molecule is Cc1c(CO)cccc1S(=O)(=O)NCC1CCOC1. The zero-order valence-electron chi connectivity index (χ0n) is 10.9. The van der Waals surface area contributed by atoms with Crippen molar-refractivity contribution in [1.29, 1.82) is 0 Å². The summed E-state index contributed by atoms with van der Waals surface area (Å²) in [6.45, 7) is 3.25. The van der Waals surface area contributed by atoms with E-state index in [9.17, 15) is 13.5 Å². The molecule has 0 aliphatic carbocycles. The van der Waals surface area contributed by atoms with Crippen LogP contribution >= 0.6 is 0 Å². The van der Waals surface area contributed by atoms with E-state index in [1.165, 1.54) is 0 Å². The predicted octanol–water partition coefficient (Wildman–Crippen LogP) is 0.802. The van der Waals surface area contributed by atoms with E-state index in [0.717, 1.165) is 6.42 Å². The van der Waals surface area contributed by atoms with Gasteiger partial charge in [-0.2, -0.15) is 0 Å². The summed E-state index contributed by atoms with van der Waals surface area (Å²) >= 11 is 0. The van der Waals surface area contributed by atoms with E-state index in [2.05, 4.69) is 4.72 Å². The molecule has 6 heteroatoms. The van der Waals surface area contributed by atoms with Gasteiger partial charge in [-0.3, -0.25) is 0 Å². The maximum atomic E-state index is 12.2. The fourth-order valence-electron chi connectivity index (χ4n) is 2.17. The van der Waals surface area contributed by atoms with Crippen LogP contribution in [0.3, 0.4) is 0 Å². The van der Waals surface area contributed by atoms with Gasteiger partial charge in [0.15, 0.2) is 0 Å². The maximum absolute atomic E-state index is 12.2. The minimum Gasteiger partial charge on any atom is -0.392 e. The number of hydrogen-bond donors (Lipinski definition) is 2.